The Morgan fingerprint density at radius 3 is 2.64 bits per heavy atom. The first-order valence-electron chi connectivity index (χ1n) is 8.86. The van der Waals surface area contributed by atoms with Crippen molar-refractivity contribution >= 4 is 27.9 Å². The predicted molar refractivity (Wildman–Crippen MR) is 106 cm³/mol. The third-order valence-electron chi connectivity index (χ3n) is 4.64. The van der Waals surface area contributed by atoms with Crippen LogP contribution in [0.5, 0.6) is 5.75 Å². The van der Waals surface area contributed by atoms with Crippen molar-refractivity contribution in [3.05, 3.63) is 70.2 Å². The minimum atomic E-state index is -2.93. The summed E-state index contributed by atoms with van der Waals surface area (Å²) in [5, 5.41) is 3.09. The first-order chi connectivity index (χ1) is 13.5. The number of rotatable bonds is 6. The molecule has 1 N–H and O–H groups in total. The fourth-order valence-corrected chi connectivity index (χ4v) is 3.66. The minimum absolute atomic E-state index is 0.0225. The smallest absolute Gasteiger partial charge is 0.387 e. The fraction of sp³-hybridized carbons (Fsp3) is 0.286. The zero-order valence-electron chi connectivity index (χ0n) is 15.0. The van der Waals surface area contributed by atoms with Crippen LogP contribution in [0.1, 0.15) is 24.0 Å². The van der Waals surface area contributed by atoms with Gasteiger partial charge in [-0.2, -0.15) is 8.78 Å². The van der Waals surface area contributed by atoms with E-state index in [0.717, 1.165) is 10.0 Å². The van der Waals surface area contributed by atoms with Gasteiger partial charge in [-0.1, -0.05) is 46.3 Å². The maximum Gasteiger partial charge on any atom is 0.387 e. The third kappa shape index (κ3) is 5.17. The summed E-state index contributed by atoms with van der Waals surface area (Å²) in [6, 6.07) is 14.2. The number of para-hydroxylation sites is 1. The van der Waals surface area contributed by atoms with E-state index in [9.17, 15) is 13.6 Å². The van der Waals surface area contributed by atoms with E-state index in [4.69, 9.17) is 4.74 Å². The van der Waals surface area contributed by atoms with Crippen LogP contribution in [0.25, 0.3) is 6.08 Å². The molecule has 2 aromatic rings. The van der Waals surface area contributed by atoms with Crippen LogP contribution in [0.3, 0.4) is 0 Å². The van der Waals surface area contributed by atoms with E-state index in [1.807, 2.05) is 24.3 Å². The number of hydrogen-bond acceptors (Lipinski definition) is 3. The number of ether oxygens (including phenoxy) is 2. The SMILES string of the molecule is O=C(/C=C/c1ccccc1OC(F)F)NC1(c2cccc(Br)c2)CCOCC1. The highest BCUT2D eigenvalue weighted by atomic mass is 79.9. The monoisotopic (exact) mass is 451 g/mol. The number of amides is 1. The van der Waals surface area contributed by atoms with Crippen LogP contribution in [0, 0.1) is 0 Å². The molecule has 7 heteroatoms. The Morgan fingerprint density at radius 2 is 1.93 bits per heavy atom. The Bertz CT molecular complexity index is 851. The highest BCUT2D eigenvalue weighted by Gasteiger charge is 2.35. The van der Waals surface area contributed by atoms with Crippen LogP contribution in [-0.2, 0) is 15.1 Å². The van der Waals surface area contributed by atoms with E-state index < -0.39 is 12.2 Å². The molecule has 28 heavy (non-hydrogen) atoms. The van der Waals surface area contributed by atoms with Crippen molar-refractivity contribution in [2.45, 2.75) is 25.0 Å². The molecule has 0 atom stereocenters. The summed E-state index contributed by atoms with van der Waals surface area (Å²) in [5.41, 5.74) is 0.859. The van der Waals surface area contributed by atoms with E-state index in [-0.39, 0.29) is 11.7 Å². The molecule has 0 saturated carbocycles. The molecule has 0 bridgehead atoms. The number of hydrogen-bond donors (Lipinski definition) is 1. The molecule has 0 radical (unpaired) electrons. The van der Waals surface area contributed by atoms with E-state index in [1.165, 1.54) is 18.2 Å². The van der Waals surface area contributed by atoms with Gasteiger partial charge >= 0.3 is 6.61 Å². The lowest BCUT2D eigenvalue weighted by molar-refractivity contribution is -0.119. The maximum absolute atomic E-state index is 12.6. The molecule has 1 aliphatic rings. The Morgan fingerprint density at radius 1 is 1.18 bits per heavy atom. The van der Waals surface area contributed by atoms with Gasteiger partial charge in [-0.25, -0.2) is 0 Å². The van der Waals surface area contributed by atoms with Crippen molar-refractivity contribution in [3.8, 4) is 5.75 Å². The predicted octanol–water partition coefficient (Wildman–Crippen LogP) is 4.89. The van der Waals surface area contributed by atoms with Crippen LogP contribution in [0.15, 0.2) is 59.1 Å². The standard InChI is InChI=1S/C21H20BrF2NO3/c22-17-6-3-5-16(14-17)21(10-12-27-13-11-21)25-19(26)9-8-15-4-1-2-7-18(15)28-20(23)24/h1-9,14,20H,10-13H2,(H,25,26)/b9-8+. The number of halogens is 3. The summed E-state index contributed by atoms with van der Waals surface area (Å²) in [6.45, 7) is -1.84. The van der Waals surface area contributed by atoms with Crippen LogP contribution in [0.2, 0.25) is 0 Å². The topological polar surface area (TPSA) is 47.6 Å². The normalized spacial score (nSPS) is 16.3. The average molecular weight is 452 g/mol. The van der Waals surface area contributed by atoms with Gasteiger partial charge in [0.05, 0.1) is 5.54 Å². The molecule has 1 amide bonds. The largest absolute Gasteiger partial charge is 0.434 e. The second-order valence-electron chi connectivity index (χ2n) is 6.44. The quantitative estimate of drug-likeness (QED) is 0.636. The van der Waals surface area contributed by atoms with Gasteiger partial charge in [0.25, 0.3) is 0 Å². The van der Waals surface area contributed by atoms with Crippen molar-refractivity contribution in [1.29, 1.82) is 0 Å². The van der Waals surface area contributed by atoms with Gasteiger partial charge in [0, 0.05) is 29.3 Å². The second kappa shape index (κ2) is 9.30. The molecule has 4 nitrogen and oxygen atoms in total. The lowest BCUT2D eigenvalue weighted by Crippen LogP contribution is -2.49. The van der Waals surface area contributed by atoms with Crippen molar-refractivity contribution in [3.63, 3.8) is 0 Å². The molecule has 2 aromatic carbocycles. The molecular weight excluding hydrogens is 432 g/mol. The molecule has 148 valence electrons. The van der Waals surface area contributed by atoms with Crippen molar-refractivity contribution in [2.75, 3.05) is 13.2 Å². The van der Waals surface area contributed by atoms with Gasteiger partial charge in [0.1, 0.15) is 5.75 Å². The van der Waals surface area contributed by atoms with E-state index in [0.29, 0.717) is 31.6 Å². The zero-order chi connectivity index (χ0) is 20.0. The third-order valence-corrected chi connectivity index (χ3v) is 5.13. The molecule has 1 aliphatic heterocycles. The summed E-state index contributed by atoms with van der Waals surface area (Å²) in [6.07, 6.45) is 4.10. The lowest BCUT2D eigenvalue weighted by atomic mass is 9.82. The average Bonchev–Trinajstić information content (AvgIpc) is 2.67. The van der Waals surface area contributed by atoms with Crippen LogP contribution >= 0.6 is 15.9 Å². The van der Waals surface area contributed by atoms with Crippen molar-refractivity contribution < 1.29 is 23.0 Å². The van der Waals surface area contributed by atoms with Crippen LogP contribution in [-0.4, -0.2) is 25.7 Å². The lowest BCUT2D eigenvalue weighted by Gasteiger charge is -2.38. The van der Waals surface area contributed by atoms with Crippen molar-refractivity contribution in [1.82, 2.24) is 5.32 Å². The molecule has 0 unspecified atom stereocenters. The highest BCUT2D eigenvalue weighted by Crippen LogP contribution is 2.33. The van der Waals surface area contributed by atoms with E-state index >= 15 is 0 Å². The number of benzene rings is 2. The first kappa shape index (κ1) is 20.5. The molecular formula is C21H20BrF2NO3. The summed E-state index contributed by atoms with van der Waals surface area (Å²) >= 11 is 3.47. The highest BCUT2D eigenvalue weighted by molar-refractivity contribution is 9.10. The van der Waals surface area contributed by atoms with Crippen LogP contribution < -0.4 is 10.1 Å². The van der Waals surface area contributed by atoms with E-state index in [1.54, 1.807) is 18.2 Å². The maximum atomic E-state index is 12.6. The van der Waals surface area contributed by atoms with Gasteiger partial charge in [0.2, 0.25) is 5.91 Å². The number of carbonyl (C=O) groups excluding carboxylic acids is 1. The zero-order valence-corrected chi connectivity index (χ0v) is 16.6. The summed E-state index contributed by atoms with van der Waals surface area (Å²) in [5.74, 6) is -0.289. The number of carbonyl (C=O) groups is 1. The Labute approximate surface area is 170 Å². The van der Waals surface area contributed by atoms with Crippen LogP contribution in [0.4, 0.5) is 8.78 Å². The molecule has 3 rings (SSSR count). The molecule has 1 saturated heterocycles. The second-order valence-corrected chi connectivity index (χ2v) is 7.36. The Hall–Kier alpha value is -2.25. The Kier molecular flexibility index (Phi) is 6.80. The summed E-state index contributed by atoms with van der Waals surface area (Å²) in [4.78, 5) is 12.6. The molecule has 1 fully saturated rings. The van der Waals surface area contributed by atoms with Gasteiger partial charge in [0.15, 0.2) is 0 Å². The number of alkyl halides is 2. The van der Waals surface area contributed by atoms with Gasteiger partial charge in [-0.3, -0.25) is 4.79 Å². The summed E-state index contributed by atoms with van der Waals surface area (Å²) in [7, 11) is 0. The molecule has 0 aliphatic carbocycles. The van der Waals surface area contributed by atoms with Gasteiger partial charge in [-0.15, -0.1) is 0 Å². The van der Waals surface area contributed by atoms with Crippen molar-refractivity contribution in [2.24, 2.45) is 0 Å². The fourth-order valence-electron chi connectivity index (χ4n) is 3.26. The molecule has 1 heterocycles. The Balaban J connectivity index is 1.79. The number of nitrogens with one attached hydrogen (secondary N) is 1. The molecule has 0 aromatic heterocycles. The minimum Gasteiger partial charge on any atom is -0.434 e. The summed E-state index contributed by atoms with van der Waals surface area (Å²) < 4.78 is 36.0. The van der Waals surface area contributed by atoms with E-state index in [2.05, 4.69) is 26.0 Å². The van der Waals surface area contributed by atoms with Gasteiger partial charge in [-0.05, 0) is 42.7 Å². The molecule has 0 spiro atoms. The first-order valence-corrected chi connectivity index (χ1v) is 9.66. The van der Waals surface area contributed by atoms with Gasteiger partial charge < -0.3 is 14.8 Å².